The molecule has 96 valence electrons. The van der Waals surface area contributed by atoms with Crippen LogP contribution in [0.2, 0.25) is 0 Å². The number of benzene rings is 1. The Labute approximate surface area is 103 Å². The van der Waals surface area contributed by atoms with Gasteiger partial charge < -0.3 is 9.57 Å². The number of rotatable bonds is 4. The maximum atomic E-state index is 11.5. The van der Waals surface area contributed by atoms with Gasteiger partial charge in [0.1, 0.15) is 0 Å². The van der Waals surface area contributed by atoms with E-state index in [9.17, 15) is 14.9 Å². The maximum Gasteiger partial charge on any atom is 0.365 e. The molecule has 0 saturated carbocycles. The number of carbonyl (C=O) groups is 1. The van der Waals surface area contributed by atoms with Crippen LogP contribution in [0.4, 0.5) is 5.69 Å². The number of carbonyl (C=O) groups excluding carboxylic acids is 1. The van der Waals surface area contributed by atoms with Crippen LogP contribution in [0.3, 0.4) is 0 Å². The predicted octanol–water partition coefficient (Wildman–Crippen LogP) is 2.12. The number of hydrogen-bond acceptors (Lipinski definition) is 6. The van der Waals surface area contributed by atoms with Crippen LogP contribution in [-0.4, -0.2) is 23.4 Å². The number of nitro groups is 1. The van der Waals surface area contributed by atoms with Crippen LogP contribution in [-0.2, 0) is 9.57 Å². The lowest BCUT2D eigenvalue weighted by atomic mass is 10.2. The van der Waals surface area contributed by atoms with Crippen LogP contribution in [0, 0.1) is 10.1 Å². The van der Waals surface area contributed by atoms with Gasteiger partial charge in [-0.05, 0) is 24.2 Å². The molecule has 0 atom stereocenters. The zero-order valence-corrected chi connectivity index (χ0v) is 9.95. The zero-order valence-electron chi connectivity index (χ0n) is 9.95. The number of non-ortho nitro benzene ring substituents is 1. The van der Waals surface area contributed by atoms with E-state index >= 15 is 0 Å². The summed E-state index contributed by atoms with van der Waals surface area (Å²) in [6.07, 6.45) is 0. The van der Waals surface area contributed by atoms with Crippen molar-refractivity contribution in [2.45, 2.75) is 13.8 Å². The molecule has 7 heteroatoms. The third kappa shape index (κ3) is 3.85. The van der Waals surface area contributed by atoms with Gasteiger partial charge in [-0.1, -0.05) is 0 Å². The molecular formula is C11H12N2O5. The Kier molecular flexibility index (Phi) is 4.79. The van der Waals surface area contributed by atoms with Crippen molar-refractivity contribution >= 4 is 17.6 Å². The van der Waals surface area contributed by atoms with E-state index in [1.54, 1.807) is 13.8 Å². The molecule has 0 radical (unpaired) electrons. The molecule has 0 unspecified atom stereocenters. The topological polar surface area (TPSA) is 91.0 Å². The van der Waals surface area contributed by atoms with E-state index in [2.05, 4.69) is 9.99 Å². The van der Waals surface area contributed by atoms with Crippen LogP contribution in [0.5, 0.6) is 0 Å². The number of nitrogens with zero attached hydrogens (tertiary/aromatic N) is 2. The van der Waals surface area contributed by atoms with Crippen LogP contribution < -0.4 is 0 Å². The lowest BCUT2D eigenvalue weighted by Gasteiger charge is -2.01. The van der Waals surface area contributed by atoms with Crippen molar-refractivity contribution in [3.63, 3.8) is 0 Å². The van der Waals surface area contributed by atoms with Gasteiger partial charge >= 0.3 is 5.97 Å². The fourth-order valence-electron chi connectivity index (χ4n) is 1.11. The third-order valence-corrected chi connectivity index (χ3v) is 1.92. The van der Waals surface area contributed by atoms with Gasteiger partial charge in [-0.3, -0.25) is 10.1 Å². The Hall–Kier alpha value is -2.44. The summed E-state index contributed by atoms with van der Waals surface area (Å²) in [5, 5.41) is 13.9. The fourth-order valence-corrected chi connectivity index (χ4v) is 1.11. The average Bonchev–Trinajstić information content (AvgIpc) is 2.36. The SMILES string of the molecule is CCO/C(C)=N\OC(=O)c1ccc([N+](=O)[O-])cc1. The predicted molar refractivity (Wildman–Crippen MR) is 63.2 cm³/mol. The van der Waals surface area contributed by atoms with E-state index in [1.807, 2.05) is 0 Å². The van der Waals surface area contributed by atoms with Gasteiger partial charge in [0, 0.05) is 19.1 Å². The third-order valence-electron chi connectivity index (χ3n) is 1.92. The molecule has 18 heavy (non-hydrogen) atoms. The van der Waals surface area contributed by atoms with E-state index in [4.69, 9.17) is 4.74 Å². The number of hydrogen-bond donors (Lipinski definition) is 0. The first-order valence-corrected chi connectivity index (χ1v) is 5.17. The first kappa shape index (κ1) is 13.6. The molecule has 1 aromatic rings. The Morgan fingerprint density at radius 2 is 2.00 bits per heavy atom. The number of oxime groups is 1. The van der Waals surface area contributed by atoms with Crippen molar-refractivity contribution in [2.75, 3.05) is 6.61 Å². The van der Waals surface area contributed by atoms with E-state index < -0.39 is 10.9 Å². The summed E-state index contributed by atoms with van der Waals surface area (Å²) in [4.78, 5) is 25.9. The van der Waals surface area contributed by atoms with Crippen molar-refractivity contribution in [3.8, 4) is 0 Å². The highest BCUT2D eigenvalue weighted by Gasteiger charge is 2.10. The van der Waals surface area contributed by atoms with Crippen molar-refractivity contribution in [2.24, 2.45) is 5.16 Å². The average molecular weight is 252 g/mol. The monoisotopic (exact) mass is 252 g/mol. The summed E-state index contributed by atoms with van der Waals surface area (Å²) in [6, 6.07) is 5.03. The molecule has 1 aromatic carbocycles. The molecule has 1 rings (SSSR count). The van der Waals surface area contributed by atoms with Crippen molar-refractivity contribution in [3.05, 3.63) is 39.9 Å². The van der Waals surface area contributed by atoms with E-state index in [0.717, 1.165) is 0 Å². The largest absolute Gasteiger partial charge is 0.479 e. The molecule has 0 fully saturated rings. The molecule has 0 amide bonds. The molecular weight excluding hydrogens is 240 g/mol. The summed E-state index contributed by atoms with van der Waals surface area (Å²) in [5.41, 5.74) is 0.0780. The Balaban J connectivity index is 2.67. The summed E-state index contributed by atoms with van der Waals surface area (Å²) >= 11 is 0. The Morgan fingerprint density at radius 3 is 2.50 bits per heavy atom. The first-order valence-electron chi connectivity index (χ1n) is 5.17. The second-order valence-electron chi connectivity index (χ2n) is 3.23. The molecule has 0 aliphatic rings. The standard InChI is InChI=1S/C11H12N2O5/c1-3-17-8(2)12-18-11(14)9-4-6-10(7-5-9)13(15)16/h4-7H,3H2,1-2H3/b12-8-. The van der Waals surface area contributed by atoms with Crippen LogP contribution in [0.15, 0.2) is 29.4 Å². The Bertz CT molecular complexity index is 467. The van der Waals surface area contributed by atoms with Gasteiger partial charge in [0.15, 0.2) is 0 Å². The minimum Gasteiger partial charge on any atom is -0.479 e. The minimum atomic E-state index is -0.705. The first-order chi connectivity index (χ1) is 8.54. The van der Waals surface area contributed by atoms with Crippen molar-refractivity contribution in [1.29, 1.82) is 0 Å². The molecule has 0 aromatic heterocycles. The fraction of sp³-hybridized carbons (Fsp3) is 0.273. The molecule has 7 nitrogen and oxygen atoms in total. The molecule has 0 aliphatic heterocycles. The van der Waals surface area contributed by atoms with Gasteiger partial charge in [-0.2, -0.15) is 0 Å². The molecule has 0 heterocycles. The van der Waals surface area contributed by atoms with Crippen molar-refractivity contribution in [1.82, 2.24) is 0 Å². The van der Waals surface area contributed by atoms with Crippen LogP contribution in [0.1, 0.15) is 24.2 Å². The normalized spacial score (nSPS) is 10.9. The van der Waals surface area contributed by atoms with Gasteiger partial charge in [0.25, 0.3) is 5.69 Å². The van der Waals surface area contributed by atoms with Crippen LogP contribution in [0.25, 0.3) is 0 Å². The molecule has 0 saturated heterocycles. The zero-order chi connectivity index (χ0) is 13.5. The highest BCUT2D eigenvalue weighted by molar-refractivity contribution is 5.90. The summed E-state index contributed by atoms with van der Waals surface area (Å²) in [7, 11) is 0. The second kappa shape index (κ2) is 6.33. The number of nitro benzene ring substituents is 1. The minimum absolute atomic E-state index is 0.0967. The van der Waals surface area contributed by atoms with Gasteiger partial charge in [0.05, 0.1) is 17.1 Å². The summed E-state index contributed by atoms with van der Waals surface area (Å²) < 4.78 is 4.96. The van der Waals surface area contributed by atoms with Crippen molar-refractivity contribution < 1.29 is 19.3 Å². The van der Waals surface area contributed by atoms with E-state index in [-0.39, 0.29) is 17.1 Å². The van der Waals surface area contributed by atoms with Gasteiger partial charge in [0.2, 0.25) is 5.90 Å². The lowest BCUT2D eigenvalue weighted by molar-refractivity contribution is -0.384. The summed E-state index contributed by atoms with van der Waals surface area (Å²) in [6.45, 7) is 3.74. The summed E-state index contributed by atoms with van der Waals surface area (Å²) in [5.74, 6) is -0.475. The van der Waals surface area contributed by atoms with Crippen LogP contribution >= 0.6 is 0 Å². The molecule has 0 bridgehead atoms. The molecule has 0 spiro atoms. The maximum absolute atomic E-state index is 11.5. The highest BCUT2D eigenvalue weighted by Crippen LogP contribution is 2.12. The lowest BCUT2D eigenvalue weighted by Crippen LogP contribution is -2.05. The smallest absolute Gasteiger partial charge is 0.365 e. The van der Waals surface area contributed by atoms with E-state index in [0.29, 0.717) is 6.61 Å². The van der Waals surface area contributed by atoms with E-state index in [1.165, 1.54) is 24.3 Å². The highest BCUT2D eigenvalue weighted by atomic mass is 16.7. The molecule has 0 aliphatic carbocycles. The Morgan fingerprint density at radius 1 is 1.39 bits per heavy atom. The van der Waals surface area contributed by atoms with Gasteiger partial charge in [-0.15, -0.1) is 0 Å². The quantitative estimate of drug-likeness (QED) is 0.269. The number of ether oxygens (including phenoxy) is 1. The second-order valence-corrected chi connectivity index (χ2v) is 3.23. The molecule has 0 N–H and O–H groups in total. The van der Waals surface area contributed by atoms with Gasteiger partial charge in [-0.25, -0.2) is 4.79 Å².